The normalized spacial score (nSPS) is 12.7. The van der Waals surface area contributed by atoms with Crippen molar-refractivity contribution in [2.45, 2.75) is 53.1 Å². The standard InChI is InChI=1S/C25H33N3O3/c1-5-18(4)23(28-24(30)20-11-7-6-8-12-20)25(31)26-16-19-10-9-13-21(15-19)27-22(29)14-17(2)3/h6-13,15,17-18,23H,5,14,16H2,1-4H3,(H,26,31)(H,27,29)(H,28,30). The first-order valence-electron chi connectivity index (χ1n) is 10.8. The van der Waals surface area contributed by atoms with Crippen LogP contribution in [-0.2, 0) is 16.1 Å². The molecule has 0 heterocycles. The average molecular weight is 424 g/mol. The van der Waals surface area contributed by atoms with Crippen LogP contribution >= 0.6 is 0 Å². The van der Waals surface area contributed by atoms with Gasteiger partial charge in [-0.15, -0.1) is 0 Å². The Morgan fingerprint density at radius 1 is 0.935 bits per heavy atom. The Morgan fingerprint density at radius 3 is 2.29 bits per heavy atom. The molecule has 0 aliphatic carbocycles. The van der Waals surface area contributed by atoms with E-state index in [1.807, 2.05) is 58.0 Å². The second-order valence-corrected chi connectivity index (χ2v) is 8.27. The van der Waals surface area contributed by atoms with E-state index in [0.717, 1.165) is 12.0 Å². The van der Waals surface area contributed by atoms with Gasteiger partial charge in [0, 0.05) is 24.2 Å². The molecule has 2 atom stereocenters. The molecule has 0 bridgehead atoms. The second kappa shape index (κ2) is 11.9. The summed E-state index contributed by atoms with van der Waals surface area (Å²) >= 11 is 0. The minimum atomic E-state index is -0.633. The van der Waals surface area contributed by atoms with Crippen molar-refractivity contribution in [2.75, 3.05) is 5.32 Å². The molecule has 6 heteroatoms. The lowest BCUT2D eigenvalue weighted by Crippen LogP contribution is -2.50. The summed E-state index contributed by atoms with van der Waals surface area (Å²) in [6.45, 7) is 8.23. The third kappa shape index (κ3) is 7.89. The van der Waals surface area contributed by atoms with E-state index in [2.05, 4.69) is 16.0 Å². The molecule has 0 saturated carbocycles. The fourth-order valence-electron chi connectivity index (χ4n) is 3.16. The monoisotopic (exact) mass is 423 g/mol. The molecule has 166 valence electrons. The van der Waals surface area contributed by atoms with E-state index >= 15 is 0 Å². The van der Waals surface area contributed by atoms with Crippen LogP contribution in [0.5, 0.6) is 0 Å². The van der Waals surface area contributed by atoms with Crippen LogP contribution in [-0.4, -0.2) is 23.8 Å². The van der Waals surface area contributed by atoms with Crippen molar-refractivity contribution in [1.29, 1.82) is 0 Å². The molecule has 31 heavy (non-hydrogen) atoms. The number of amides is 3. The topological polar surface area (TPSA) is 87.3 Å². The maximum absolute atomic E-state index is 12.9. The van der Waals surface area contributed by atoms with E-state index in [4.69, 9.17) is 0 Å². The van der Waals surface area contributed by atoms with E-state index in [1.165, 1.54) is 0 Å². The van der Waals surface area contributed by atoms with Crippen LogP contribution in [0.25, 0.3) is 0 Å². The van der Waals surface area contributed by atoms with Crippen molar-refractivity contribution in [3.63, 3.8) is 0 Å². The zero-order valence-electron chi connectivity index (χ0n) is 18.8. The Kier molecular flexibility index (Phi) is 9.25. The van der Waals surface area contributed by atoms with Gasteiger partial charge in [-0.2, -0.15) is 0 Å². The van der Waals surface area contributed by atoms with E-state index in [-0.39, 0.29) is 29.6 Å². The maximum Gasteiger partial charge on any atom is 0.251 e. The van der Waals surface area contributed by atoms with Crippen molar-refractivity contribution >= 4 is 23.4 Å². The number of anilines is 1. The molecule has 0 aliphatic rings. The van der Waals surface area contributed by atoms with Crippen LogP contribution in [0.2, 0.25) is 0 Å². The Morgan fingerprint density at radius 2 is 1.65 bits per heavy atom. The first-order valence-corrected chi connectivity index (χ1v) is 10.8. The summed E-state index contributed by atoms with van der Waals surface area (Å²) in [7, 11) is 0. The average Bonchev–Trinajstić information content (AvgIpc) is 2.75. The molecule has 3 amide bonds. The third-order valence-electron chi connectivity index (χ3n) is 5.09. The highest BCUT2D eigenvalue weighted by atomic mass is 16.2. The lowest BCUT2D eigenvalue weighted by molar-refractivity contribution is -0.124. The first-order chi connectivity index (χ1) is 14.8. The molecule has 2 aromatic carbocycles. The molecule has 0 saturated heterocycles. The predicted octanol–water partition coefficient (Wildman–Crippen LogP) is 4.13. The van der Waals surface area contributed by atoms with Gasteiger partial charge in [-0.1, -0.05) is 64.4 Å². The van der Waals surface area contributed by atoms with Gasteiger partial charge in [0.25, 0.3) is 5.91 Å². The van der Waals surface area contributed by atoms with Crippen molar-refractivity contribution in [3.05, 3.63) is 65.7 Å². The molecule has 0 spiro atoms. The van der Waals surface area contributed by atoms with Crippen molar-refractivity contribution < 1.29 is 14.4 Å². The quantitative estimate of drug-likeness (QED) is 0.537. The summed E-state index contributed by atoms with van der Waals surface area (Å²) in [4.78, 5) is 37.4. The highest BCUT2D eigenvalue weighted by molar-refractivity contribution is 5.97. The molecule has 2 unspecified atom stereocenters. The summed E-state index contributed by atoms with van der Waals surface area (Å²) < 4.78 is 0. The number of carbonyl (C=O) groups is 3. The largest absolute Gasteiger partial charge is 0.350 e. The van der Waals surface area contributed by atoms with Crippen LogP contribution in [0.1, 0.15) is 56.5 Å². The third-order valence-corrected chi connectivity index (χ3v) is 5.09. The summed E-state index contributed by atoms with van der Waals surface area (Å²) in [5.74, 6) is -0.263. The van der Waals surface area contributed by atoms with E-state index in [9.17, 15) is 14.4 Å². The SMILES string of the molecule is CCC(C)C(NC(=O)c1ccccc1)C(=O)NCc1cccc(NC(=O)CC(C)C)c1. The van der Waals surface area contributed by atoms with Gasteiger partial charge >= 0.3 is 0 Å². The van der Waals surface area contributed by atoms with Gasteiger partial charge in [-0.3, -0.25) is 14.4 Å². The molecule has 0 aliphatic heterocycles. The Balaban J connectivity index is 2.00. The molecule has 3 N–H and O–H groups in total. The number of benzene rings is 2. The van der Waals surface area contributed by atoms with Crippen LogP contribution in [0.15, 0.2) is 54.6 Å². The fourth-order valence-corrected chi connectivity index (χ4v) is 3.16. The van der Waals surface area contributed by atoms with Gasteiger partial charge in [-0.05, 0) is 41.7 Å². The molecule has 2 rings (SSSR count). The molecule has 0 fully saturated rings. The molecule has 2 aromatic rings. The number of hydrogen-bond donors (Lipinski definition) is 3. The van der Waals surface area contributed by atoms with Crippen molar-refractivity contribution in [1.82, 2.24) is 10.6 Å². The molecular weight excluding hydrogens is 390 g/mol. The summed E-state index contributed by atoms with van der Waals surface area (Å²) in [5.41, 5.74) is 2.09. The maximum atomic E-state index is 12.9. The van der Waals surface area contributed by atoms with E-state index in [1.54, 1.807) is 24.3 Å². The number of hydrogen-bond acceptors (Lipinski definition) is 3. The number of carbonyl (C=O) groups excluding carboxylic acids is 3. The van der Waals surface area contributed by atoms with E-state index in [0.29, 0.717) is 24.2 Å². The van der Waals surface area contributed by atoms with Crippen LogP contribution in [0, 0.1) is 11.8 Å². The van der Waals surface area contributed by atoms with Gasteiger partial charge in [0.05, 0.1) is 0 Å². The number of nitrogens with one attached hydrogen (secondary N) is 3. The first kappa shape index (κ1) is 24.1. The zero-order valence-corrected chi connectivity index (χ0v) is 18.8. The molecule has 6 nitrogen and oxygen atoms in total. The second-order valence-electron chi connectivity index (χ2n) is 8.27. The number of rotatable bonds is 10. The Bertz CT molecular complexity index is 881. The van der Waals surface area contributed by atoms with E-state index < -0.39 is 6.04 Å². The highest BCUT2D eigenvalue weighted by Gasteiger charge is 2.26. The Hall–Kier alpha value is -3.15. The lowest BCUT2D eigenvalue weighted by atomic mass is 9.97. The minimum Gasteiger partial charge on any atom is -0.350 e. The van der Waals surface area contributed by atoms with Crippen LogP contribution < -0.4 is 16.0 Å². The van der Waals surface area contributed by atoms with Gasteiger partial charge in [-0.25, -0.2) is 0 Å². The summed E-state index contributed by atoms with van der Waals surface area (Å²) in [6, 6.07) is 15.6. The molecule has 0 aromatic heterocycles. The molecule has 0 radical (unpaired) electrons. The van der Waals surface area contributed by atoms with Crippen LogP contribution in [0.4, 0.5) is 5.69 Å². The Labute approximate surface area is 184 Å². The smallest absolute Gasteiger partial charge is 0.251 e. The summed E-state index contributed by atoms with van der Waals surface area (Å²) in [5, 5.41) is 8.67. The predicted molar refractivity (Wildman–Crippen MR) is 124 cm³/mol. The van der Waals surface area contributed by atoms with Gasteiger partial charge < -0.3 is 16.0 Å². The lowest BCUT2D eigenvalue weighted by Gasteiger charge is -2.23. The minimum absolute atomic E-state index is 0.0191. The van der Waals surface area contributed by atoms with Crippen molar-refractivity contribution in [2.24, 2.45) is 11.8 Å². The summed E-state index contributed by atoms with van der Waals surface area (Å²) in [6.07, 6.45) is 1.21. The molecular formula is C25H33N3O3. The van der Waals surface area contributed by atoms with Gasteiger partial charge in [0.2, 0.25) is 11.8 Å². The van der Waals surface area contributed by atoms with Crippen molar-refractivity contribution in [3.8, 4) is 0 Å². The zero-order chi connectivity index (χ0) is 22.8. The highest BCUT2D eigenvalue weighted by Crippen LogP contribution is 2.14. The van der Waals surface area contributed by atoms with Crippen LogP contribution in [0.3, 0.4) is 0 Å². The van der Waals surface area contributed by atoms with Gasteiger partial charge in [0.1, 0.15) is 6.04 Å². The van der Waals surface area contributed by atoms with Gasteiger partial charge in [0.15, 0.2) is 0 Å². The fraction of sp³-hybridized carbons (Fsp3) is 0.400.